The Kier molecular flexibility index (Phi) is 6.41. The molecule has 1 N–H and O–H groups in total. The number of hydrogen-bond donors (Lipinski definition) is 1. The summed E-state index contributed by atoms with van der Waals surface area (Å²) in [5.41, 5.74) is 2.19. The van der Waals surface area contributed by atoms with E-state index in [4.69, 9.17) is 4.74 Å². The highest BCUT2D eigenvalue weighted by atomic mass is 16.5. The van der Waals surface area contributed by atoms with Crippen LogP contribution in [0.4, 0.5) is 0 Å². The highest BCUT2D eigenvalue weighted by molar-refractivity contribution is 5.30. The monoisotopic (exact) mass is 298 g/mol. The van der Waals surface area contributed by atoms with Gasteiger partial charge in [-0.3, -0.25) is 4.98 Å². The highest BCUT2D eigenvalue weighted by Gasteiger charge is 2.06. The third kappa shape index (κ3) is 5.49. The first kappa shape index (κ1) is 16.5. The highest BCUT2D eigenvalue weighted by Crippen LogP contribution is 2.20. The molecule has 1 atom stereocenters. The van der Waals surface area contributed by atoms with Gasteiger partial charge in [-0.15, -0.1) is 0 Å². The van der Waals surface area contributed by atoms with Gasteiger partial charge in [-0.25, -0.2) is 0 Å². The molecule has 1 heterocycles. The molecule has 0 aliphatic rings. The molecule has 2 rings (SSSR count). The predicted octanol–water partition coefficient (Wildman–Crippen LogP) is 4.36. The number of nitrogens with one attached hydrogen (secondary N) is 1. The standard InChI is InChI=1S/C19H26N2O/c1-15(2)10-12-20-16(3)17-7-6-9-19(13-17)22-14-18-8-4-5-11-21-18/h4-9,11,13,15-16,20H,10,12,14H2,1-3H3. The van der Waals surface area contributed by atoms with Gasteiger partial charge in [0.05, 0.1) is 5.69 Å². The number of benzene rings is 1. The van der Waals surface area contributed by atoms with Crippen molar-refractivity contribution in [3.05, 3.63) is 59.9 Å². The van der Waals surface area contributed by atoms with Crippen LogP contribution in [0.15, 0.2) is 48.7 Å². The molecule has 1 aromatic heterocycles. The molecule has 0 radical (unpaired) electrons. The van der Waals surface area contributed by atoms with E-state index in [9.17, 15) is 0 Å². The minimum Gasteiger partial charge on any atom is -0.487 e. The maximum atomic E-state index is 5.84. The van der Waals surface area contributed by atoms with E-state index in [-0.39, 0.29) is 0 Å². The van der Waals surface area contributed by atoms with Crippen LogP contribution in [0.5, 0.6) is 5.75 Å². The van der Waals surface area contributed by atoms with Crippen LogP contribution in [0, 0.1) is 5.92 Å². The van der Waals surface area contributed by atoms with Crippen molar-refractivity contribution < 1.29 is 4.74 Å². The van der Waals surface area contributed by atoms with Crippen molar-refractivity contribution >= 4 is 0 Å². The predicted molar refractivity (Wildman–Crippen MR) is 90.9 cm³/mol. The smallest absolute Gasteiger partial charge is 0.130 e. The lowest BCUT2D eigenvalue weighted by atomic mass is 10.1. The molecular weight excluding hydrogens is 272 g/mol. The summed E-state index contributed by atoms with van der Waals surface area (Å²) < 4.78 is 5.84. The van der Waals surface area contributed by atoms with Gasteiger partial charge < -0.3 is 10.1 Å². The summed E-state index contributed by atoms with van der Waals surface area (Å²) in [7, 11) is 0. The Morgan fingerprint density at radius 1 is 1.09 bits per heavy atom. The number of nitrogens with zero attached hydrogens (tertiary/aromatic N) is 1. The van der Waals surface area contributed by atoms with Crippen molar-refractivity contribution in [1.82, 2.24) is 10.3 Å². The second kappa shape index (κ2) is 8.54. The van der Waals surface area contributed by atoms with Gasteiger partial charge in [0.15, 0.2) is 0 Å². The second-order valence-electron chi connectivity index (χ2n) is 6.04. The van der Waals surface area contributed by atoms with Crippen molar-refractivity contribution in [1.29, 1.82) is 0 Å². The summed E-state index contributed by atoms with van der Waals surface area (Å²) in [4.78, 5) is 4.27. The maximum absolute atomic E-state index is 5.84. The fourth-order valence-electron chi connectivity index (χ4n) is 2.22. The van der Waals surface area contributed by atoms with Gasteiger partial charge >= 0.3 is 0 Å². The lowest BCUT2D eigenvalue weighted by Gasteiger charge is -2.16. The number of ether oxygens (including phenoxy) is 1. The van der Waals surface area contributed by atoms with E-state index < -0.39 is 0 Å². The van der Waals surface area contributed by atoms with E-state index in [0.29, 0.717) is 12.6 Å². The first-order valence-electron chi connectivity index (χ1n) is 8.01. The third-order valence-electron chi connectivity index (χ3n) is 3.64. The van der Waals surface area contributed by atoms with Gasteiger partial charge in [-0.2, -0.15) is 0 Å². The molecule has 0 saturated heterocycles. The summed E-state index contributed by atoms with van der Waals surface area (Å²) in [5, 5.41) is 3.56. The van der Waals surface area contributed by atoms with Crippen molar-refractivity contribution in [2.45, 2.75) is 39.8 Å². The lowest BCUT2D eigenvalue weighted by Crippen LogP contribution is -2.21. The molecule has 22 heavy (non-hydrogen) atoms. The van der Waals surface area contributed by atoms with Crippen LogP contribution in [0.25, 0.3) is 0 Å². The Bertz CT molecular complexity index is 554. The second-order valence-corrected chi connectivity index (χ2v) is 6.04. The normalized spacial score (nSPS) is 12.4. The van der Waals surface area contributed by atoms with Gasteiger partial charge in [-0.1, -0.05) is 32.0 Å². The van der Waals surface area contributed by atoms with E-state index in [1.54, 1.807) is 6.20 Å². The van der Waals surface area contributed by atoms with Gasteiger partial charge in [0.25, 0.3) is 0 Å². The van der Waals surface area contributed by atoms with E-state index in [2.05, 4.69) is 43.2 Å². The van der Waals surface area contributed by atoms with Crippen molar-refractivity contribution in [3.8, 4) is 5.75 Å². The van der Waals surface area contributed by atoms with Crippen molar-refractivity contribution in [3.63, 3.8) is 0 Å². The number of hydrogen-bond acceptors (Lipinski definition) is 3. The fraction of sp³-hybridized carbons (Fsp3) is 0.421. The van der Waals surface area contributed by atoms with Crippen LogP contribution in [-0.2, 0) is 6.61 Å². The zero-order chi connectivity index (χ0) is 15.8. The zero-order valence-corrected chi connectivity index (χ0v) is 13.8. The van der Waals surface area contributed by atoms with Crippen LogP contribution in [0.1, 0.15) is 44.5 Å². The van der Waals surface area contributed by atoms with E-state index in [1.807, 2.05) is 30.3 Å². The molecule has 3 nitrogen and oxygen atoms in total. The van der Waals surface area contributed by atoms with Crippen molar-refractivity contribution in [2.75, 3.05) is 6.54 Å². The summed E-state index contributed by atoms with van der Waals surface area (Å²) >= 11 is 0. The lowest BCUT2D eigenvalue weighted by molar-refractivity contribution is 0.300. The molecule has 1 aromatic carbocycles. The summed E-state index contributed by atoms with van der Waals surface area (Å²) in [6.45, 7) is 8.23. The Morgan fingerprint density at radius 3 is 2.68 bits per heavy atom. The summed E-state index contributed by atoms with van der Waals surface area (Å²) in [5.74, 6) is 1.62. The van der Waals surface area contributed by atoms with Crippen LogP contribution in [0.2, 0.25) is 0 Å². The minimum absolute atomic E-state index is 0.331. The average Bonchev–Trinajstić information content (AvgIpc) is 2.54. The first-order valence-corrected chi connectivity index (χ1v) is 8.01. The Hall–Kier alpha value is -1.87. The molecule has 0 fully saturated rings. The van der Waals surface area contributed by atoms with E-state index >= 15 is 0 Å². The van der Waals surface area contributed by atoms with Crippen LogP contribution >= 0.6 is 0 Å². The largest absolute Gasteiger partial charge is 0.487 e. The molecular formula is C19H26N2O. The first-order chi connectivity index (χ1) is 10.6. The minimum atomic E-state index is 0.331. The van der Waals surface area contributed by atoms with Crippen LogP contribution in [-0.4, -0.2) is 11.5 Å². The summed E-state index contributed by atoms with van der Waals surface area (Å²) in [6, 6.07) is 14.5. The maximum Gasteiger partial charge on any atom is 0.130 e. The number of rotatable bonds is 8. The molecule has 0 aliphatic heterocycles. The third-order valence-corrected chi connectivity index (χ3v) is 3.64. The molecule has 2 aromatic rings. The fourth-order valence-corrected chi connectivity index (χ4v) is 2.22. The van der Waals surface area contributed by atoms with E-state index in [1.165, 1.54) is 12.0 Å². The van der Waals surface area contributed by atoms with Gasteiger partial charge in [0.2, 0.25) is 0 Å². The van der Waals surface area contributed by atoms with Crippen LogP contribution in [0.3, 0.4) is 0 Å². The molecule has 0 aliphatic carbocycles. The topological polar surface area (TPSA) is 34.1 Å². The van der Waals surface area contributed by atoms with E-state index in [0.717, 1.165) is 23.9 Å². The van der Waals surface area contributed by atoms with Gasteiger partial charge in [-0.05, 0) is 55.6 Å². The molecule has 0 amide bonds. The number of pyridine rings is 1. The average molecular weight is 298 g/mol. The quantitative estimate of drug-likeness (QED) is 0.786. The molecule has 0 bridgehead atoms. The van der Waals surface area contributed by atoms with Gasteiger partial charge in [0, 0.05) is 12.2 Å². The molecule has 3 heteroatoms. The Balaban J connectivity index is 1.89. The molecule has 118 valence electrons. The van der Waals surface area contributed by atoms with Gasteiger partial charge in [0.1, 0.15) is 12.4 Å². The zero-order valence-electron chi connectivity index (χ0n) is 13.8. The Morgan fingerprint density at radius 2 is 1.95 bits per heavy atom. The summed E-state index contributed by atoms with van der Waals surface area (Å²) in [6.07, 6.45) is 2.98. The number of aromatic nitrogens is 1. The Labute approximate surface area is 133 Å². The SMILES string of the molecule is CC(C)CCNC(C)c1cccc(OCc2ccccn2)c1. The van der Waals surface area contributed by atoms with Crippen molar-refractivity contribution in [2.24, 2.45) is 5.92 Å². The molecule has 0 saturated carbocycles. The molecule has 0 spiro atoms. The molecule has 1 unspecified atom stereocenters. The van der Waals surface area contributed by atoms with Crippen LogP contribution < -0.4 is 10.1 Å².